The van der Waals surface area contributed by atoms with Crippen LogP contribution in [0.5, 0.6) is 0 Å². The van der Waals surface area contributed by atoms with Gasteiger partial charge in [0.25, 0.3) is 0 Å². The molecule has 11 heteroatoms. The first-order valence-electron chi connectivity index (χ1n) is 11.9. The van der Waals surface area contributed by atoms with Gasteiger partial charge in [0.15, 0.2) is 0 Å². The van der Waals surface area contributed by atoms with Crippen LogP contribution in [0.25, 0.3) is 11.3 Å². The predicted octanol–water partition coefficient (Wildman–Crippen LogP) is 4.50. The van der Waals surface area contributed by atoms with Gasteiger partial charge in [-0.1, -0.05) is 25.3 Å². The SMILES string of the molecule is CNc1nc(-c2ccc(N)c(F)c2)cc(N2CC(C(=O)NC3CCCCC3)CCC2C(F)(F)F)n1. The maximum atomic E-state index is 14.1. The number of carbonyl (C=O) groups excluding carboxylic acids is 1. The molecule has 0 radical (unpaired) electrons. The Kier molecular flexibility index (Phi) is 7.32. The summed E-state index contributed by atoms with van der Waals surface area (Å²) >= 11 is 0. The molecule has 1 saturated carbocycles. The fourth-order valence-electron chi connectivity index (χ4n) is 4.87. The summed E-state index contributed by atoms with van der Waals surface area (Å²) in [5.41, 5.74) is 6.10. The minimum absolute atomic E-state index is 0.0223. The molecule has 2 atom stereocenters. The van der Waals surface area contributed by atoms with Crippen LogP contribution in [-0.2, 0) is 4.79 Å². The van der Waals surface area contributed by atoms with Gasteiger partial charge < -0.3 is 21.3 Å². The molecule has 1 saturated heterocycles. The smallest absolute Gasteiger partial charge is 0.396 e. The number of alkyl halides is 3. The highest BCUT2D eigenvalue weighted by Gasteiger charge is 2.48. The minimum atomic E-state index is -4.51. The number of piperidine rings is 1. The standard InChI is InChI=1S/C24H30F4N6O/c1-30-23-32-19(14-7-9-18(29)17(25)11-14)12-21(33-23)34-13-15(8-10-20(34)24(26,27)28)22(35)31-16-5-3-2-4-6-16/h7,9,11-12,15-16,20H,2-6,8,10,13,29H2,1H3,(H,31,35)(H,30,32,33). The number of benzene rings is 1. The molecular weight excluding hydrogens is 464 g/mol. The largest absolute Gasteiger partial charge is 0.408 e. The Balaban J connectivity index is 1.65. The van der Waals surface area contributed by atoms with Gasteiger partial charge in [0, 0.05) is 31.3 Å². The quantitative estimate of drug-likeness (QED) is 0.418. The van der Waals surface area contributed by atoms with Crippen LogP contribution in [0.3, 0.4) is 0 Å². The Morgan fingerprint density at radius 1 is 1.09 bits per heavy atom. The molecule has 2 heterocycles. The van der Waals surface area contributed by atoms with Crippen molar-refractivity contribution < 1.29 is 22.4 Å². The van der Waals surface area contributed by atoms with Crippen molar-refractivity contribution in [2.45, 2.75) is 63.2 Å². The highest BCUT2D eigenvalue weighted by Crippen LogP contribution is 2.38. The molecule has 4 rings (SSSR count). The Morgan fingerprint density at radius 3 is 2.49 bits per heavy atom. The van der Waals surface area contributed by atoms with Crippen LogP contribution in [0.15, 0.2) is 24.3 Å². The number of anilines is 3. The summed E-state index contributed by atoms with van der Waals surface area (Å²) in [6.07, 6.45) is 0.413. The highest BCUT2D eigenvalue weighted by molar-refractivity contribution is 5.80. The molecular formula is C24H30F4N6O. The van der Waals surface area contributed by atoms with Gasteiger partial charge in [-0.3, -0.25) is 4.79 Å². The molecule has 7 nitrogen and oxygen atoms in total. The zero-order valence-corrected chi connectivity index (χ0v) is 19.5. The van der Waals surface area contributed by atoms with Crippen molar-refractivity contribution in [2.75, 3.05) is 29.5 Å². The molecule has 1 aromatic carbocycles. The highest BCUT2D eigenvalue weighted by atomic mass is 19.4. The Morgan fingerprint density at radius 2 is 1.83 bits per heavy atom. The van der Waals surface area contributed by atoms with Crippen LogP contribution in [0.4, 0.5) is 35.0 Å². The molecule has 1 aliphatic heterocycles. The van der Waals surface area contributed by atoms with Crippen LogP contribution in [0.2, 0.25) is 0 Å². The fraction of sp³-hybridized carbons (Fsp3) is 0.542. The molecule has 2 unspecified atom stereocenters. The van der Waals surface area contributed by atoms with E-state index in [9.17, 15) is 22.4 Å². The molecule has 1 amide bonds. The van der Waals surface area contributed by atoms with Crippen LogP contribution in [0, 0.1) is 11.7 Å². The third-order valence-corrected chi connectivity index (χ3v) is 6.81. The fourth-order valence-corrected chi connectivity index (χ4v) is 4.87. The molecule has 1 aromatic heterocycles. The van der Waals surface area contributed by atoms with E-state index >= 15 is 0 Å². The number of nitrogens with zero attached hydrogens (tertiary/aromatic N) is 3. The van der Waals surface area contributed by atoms with Gasteiger partial charge in [-0.15, -0.1) is 0 Å². The lowest BCUT2D eigenvalue weighted by Gasteiger charge is -2.41. The number of nitrogens with one attached hydrogen (secondary N) is 2. The first-order chi connectivity index (χ1) is 16.7. The van der Waals surface area contributed by atoms with Gasteiger partial charge in [0.05, 0.1) is 17.3 Å². The van der Waals surface area contributed by atoms with Crippen molar-refractivity contribution in [3.63, 3.8) is 0 Å². The lowest BCUT2D eigenvalue weighted by Crippen LogP contribution is -2.55. The lowest BCUT2D eigenvalue weighted by molar-refractivity contribution is -0.156. The van der Waals surface area contributed by atoms with Crippen molar-refractivity contribution in [3.8, 4) is 11.3 Å². The molecule has 2 aliphatic rings. The molecule has 190 valence electrons. The summed E-state index contributed by atoms with van der Waals surface area (Å²) < 4.78 is 56.1. The predicted molar refractivity (Wildman–Crippen MR) is 126 cm³/mol. The molecule has 35 heavy (non-hydrogen) atoms. The van der Waals surface area contributed by atoms with E-state index in [1.54, 1.807) is 13.1 Å². The monoisotopic (exact) mass is 494 g/mol. The Hall–Kier alpha value is -3.11. The van der Waals surface area contributed by atoms with E-state index in [0.717, 1.165) is 37.0 Å². The maximum Gasteiger partial charge on any atom is 0.408 e. The van der Waals surface area contributed by atoms with Crippen LogP contribution in [0.1, 0.15) is 44.9 Å². The molecule has 2 fully saturated rings. The van der Waals surface area contributed by atoms with E-state index in [-0.39, 0.29) is 54.5 Å². The summed E-state index contributed by atoms with van der Waals surface area (Å²) in [7, 11) is 1.55. The van der Waals surface area contributed by atoms with E-state index in [2.05, 4.69) is 20.6 Å². The number of hydrogen-bond acceptors (Lipinski definition) is 6. The summed E-state index contributed by atoms with van der Waals surface area (Å²) in [5.74, 6) is -1.36. The van der Waals surface area contributed by atoms with E-state index in [1.807, 2.05) is 0 Å². The second-order valence-electron chi connectivity index (χ2n) is 9.25. The summed E-state index contributed by atoms with van der Waals surface area (Å²) in [6.45, 7) is -0.127. The van der Waals surface area contributed by atoms with E-state index in [1.165, 1.54) is 18.2 Å². The van der Waals surface area contributed by atoms with Gasteiger partial charge in [0.2, 0.25) is 11.9 Å². The number of rotatable bonds is 5. The molecule has 1 aliphatic carbocycles. The normalized spacial score (nSPS) is 21.6. The first kappa shape index (κ1) is 25.0. The summed E-state index contributed by atoms with van der Waals surface area (Å²) in [4.78, 5) is 22.7. The molecule has 0 spiro atoms. The lowest BCUT2D eigenvalue weighted by atomic mass is 9.90. The summed E-state index contributed by atoms with van der Waals surface area (Å²) in [5, 5.41) is 5.80. The average Bonchev–Trinajstić information content (AvgIpc) is 2.85. The van der Waals surface area contributed by atoms with E-state index in [4.69, 9.17) is 5.73 Å². The molecule has 2 aromatic rings. The Bertz CT molecular complexity index is 1060. The van der Waals surface area contributed by atoms with Crippen molar-refractivity contribution in [2.24, 2.45) is 5.92 Å². The molecule has 0 bridgehead atoms. The zero-order valence-electron chi connectivity index (χ0n) is 19.5. The van der Waals surface area contributed by atoms with Crippen molar-refractivity contribution in [1.29, 1.82) is 0 Å². The number of nitrogens with two attached hydrogens (primary N) is 1. The minimum Gasteiger partial charge on any atom is -0.396 e. The number of hydrogen-bond donors (Lipinski definition) is 3. The van der Waals surface area contributed by atoms with Crippen LogP contribution in [-0.4, -0.2) is 47.7 Å². The second kappa shape index (κ2) is 10.2. The number of aromatic nitrogens is 2. The van der Waals surface area contributed by atoms with Gasteiger partial charge in [0.1, 0.15) is 17.7 Å². The third-order valence-electron chi connectivity index (χ3n) is 6.81. The van der Waals surface area contributed by atoms with E-state index in [0.29, 0.717) is 5.56 Å². The van der Waals surface area contributed by atoms with Gasteiger partial charge in [-0.05, 0) is 37.8 Å². The van der Waals surface area contributed by atoms with Gasteiger partial charge >= 0.3 is 6.18 Å². The number of halogens is 4. The Labute approximate surface area is 201 Å². The van der Waals surface area contributed by atoms with Crippen LogP contribution < -0.4 is 21.3 Å². The van der Waals surface area contributed by atoms with Crippen LogP contribution >= 0.6 is 0 Å². The maximum absolute atomic E-state index is 14.1. The zero-order chi connectivity index (χ0) is 25.2. The average molecular weight is 495 g/mol. The van der Waals surface area contributed by atoms with Gasteiger partial charge in [-0.2, -0.15) is 18.2 Å². The van der Waals surface area contributed by atoms with Crippen molar-refractivity contribution in [1.82, 2.24) is 15.3 Å². The number of nitrogen functional groups attached to an aromatic ring is 1. The van der Waals surface area contributed by atoms with E-state index < -0.39 is 24.0 Å². The summed E-state index contributed by atoms with van der Waals surface area (Å²) in [6, 6.07) is 3.77. The van der Waals surface area contributed by atoms with Gasteiger partial charge in [-0.25, -0.2) is 9.37 Å². The first-order valence-corrected chi connectivity index (χ1v) is 11.9. The van der Waals surface area contributed by atoms with Crippen molar-refractivity contribution in [3.05, 3.63) is 30.1 Å². The topological polar surface area (TPSA) is 96.2 Å². The molecule has 4 N–H and O–H groups in total. The number of carbonyl (C=O) groups is 1. The third kappa shape index (κ3) is 5.76. The van der Waals surface area contributed by atoms with Crippen molar-refractivity contribution >= 4 is 23.4 Å². The number of amides is 1. The second-order valence-corrected chi connectivity index (χ2v) is 9.25.